The minimum absolute atomic E-state index is 0.189. The highest BCUT2D eigenvalue weighted by molar-refractivity contribution is 9.10. The molecule has 3 N–H and O–H groups in total. The van der Waals surface area contributed by atoms with Gasteiger partial charge in [-0.15, -0.1) is 11.8 Å². The number of nitrogens with one attached hydrogen (secondary N) is 2. The molecule has 3 rings (SSSR count). The molecule has 124 valence electrons. The quantitative estimate of drug-likeness (QED) is 0.534. The van der Waals surface area contributed by atoms with Gasteiger partial charge in [-0.2, -0.15) is 0 Å². The van der Waals surface area contributed by atoms with Crippen LogP contribution in [-0.2, 0) is 6.42 Å². The van der Waals surface area contributed by atoms with Crippen LogP contribution in [0.4, 0.5) is 4.79 Å². The first kappa shape index (κ1) is 16.9. The number of hydrogen-bond acceptors (Lipinski definition) is 3. The zero-order valence-electron chi connectivity index (χ0n) is 12.7. The van der Waals surface area contributed by atoms with E-state index >= 15 is 0 Å². The van der Waals surface area contributed by atoms with Gasteiger partial charge in [0.15, 0.2) is 0 Å². The van der Waals surface area contributed by atoms with E-state index in [1.807, 2.05) is 36.5 Å². The topological polar surface area (TPSA) is 78.0 Å². The van der Waals surface area contributed by atoms with Crippen molar-refractivity contribution < 1.29 is 9.90 Å². The molecule has 5 nitrogen and oxygen atoms in total. The van der Waals surface area contributed by atoms with E-state index in [4.69, 9.17) is 5.11 Å². The van der Waals surface area contributed by atoms with E-state index in [1.165, 1.54) is 0 Å². The molecule has 2 aromatic heterocycles. The minimum Gasteiger partial charge on any atom is -0.465 e. The second kappa shape index (κ2) is 7.72. The van der Waals surface area contributed by atoms with Crippen molar-refractivity contribution in [1.82, 2.24) is 15.3 Å². The van der Waals surface area contributed by atoms with E-state index in [-0.39, 0.29) is 6.04 Å². The number of carbonyl (C=O) groups is 1. The summed E-state index contributed by atoms with van der Waals surface area (Å²) in [4.78, 5) is 19.5. The largest absolute Gasteiger partial charge is 0.465 e. The lowest BCUT2D eigenvalue weighted by atomic mass is 10.1. The molecular formula is C17H16BrN3O2S. The summed E-state index contributed by atoms with van der Waals surface area (Å²) < 4.78 is 0.909. The first-order valence-electron chi connectivity index (χ1n) is 7.39. The van der Waals surface area contributed by atoms with Crippen molar-refractivity contribution >= 4 is 44.7 Å². The summed E-state index contributed by atoms with van der Waals surface area (Å²) in [7, 11) is 0. The first-order valence-corrected chi connectivity index (χ1v) is 9.17. The fraction of sp³-hybridized carbons (Fsp3) is 0.176. The van der Waals surface area contributed by atoms with Gasteiger partial charge in [-0.05, 0) is 40.0 Å². The molecule has 0 aliphatic carbocycles. The number of rotatable bonds is 6. The van der Waals surface area contributed by atoms with E-state index in [1.54, 1.807) is 24.2 Å². The van der Waals surface area contributed by atoms with Gasteiger partial charge in [-0.3, -0.25) is 4.98 Å². The molecule has 0 bridgehead atoms. The molecule has 1 atom stereocenters. The summed E-state index contributed by atoms with van der Waals surface area (Å²) in [6.07, 6.45) is 5.08. The van der Waals surface area contributed by atoms with Crippen LogP contribution in [0.25, 0.3) is 10.9 Å². The molecule has 1 unspecified atom stereocenters. The maximum absolute atomic E-state index is 11.1. The number of aromatic amines is 1. The van der Waals surface area contributed by atoms with Gasteiger partial charge in [0.25, 0.3) is 0 Å². The Kier molecular flexibility index (Phi) is 5.42. The van der Waals surface area contributed by atoms with Gasteiger partial charge in [-0.25, -0.2) is 4.79 Å². The Bertz CT molecular complexity index is 852. The highest BCUT2D eigenvalue weighted by atomic mass is 79.9. The molecule has 24 heavy (non-hydrogen) atoms. The fourth-order valence-electron chi connectivity index (χ4n) is 2.56. The number of hydrogen-bond donors (Lipinski definition) is 3. The monoisotopic (exact) mass is 405 g/mol. The second-order valence-electron chi connectivity index (χ2n) is 5.36. The summed E-state index contributed by atoms with van der Waals surface area (Å²) in [6.45, 7) is 0. The summed E-state index contributed by atoms with van der Waals surface area (Å²) in [6, 6.07) is 9.81. The van der Waals surface area contributed by atoms with E-state index < -0.39 is 6.09 Å². The highest BCUT2D eigenvalue weighted by Gasteiger charge is 2.15. The van der Waals surface area contributed by atoms with Gasteiger partial charge in [0, 0.05) is 50.7 Å². The average molecular weight is 406 g/mol. The Hall–Kier alpha value is -1.99. The zero-order chi connectivity index (χ0) is 16.9. The summed E-state index contributed by atoms with van der Waals surface area (Å²) in [5.74, 6) is 0.629. The Balaban J connectivity index is 1.73. The molecule has 0 saturated carbocycles. The molecule has 0 aliphatic rings. The highest BCUT2D eigenvalue weighted by Crippen LogP contribution is 2.24. The molecule has 0 spiro atoms. The van der Waals surface area contributed by atoms with Crippen molar-refractivity contribution in [2.24, 2.45) is 0 Å². The van der Waals surface area contributed by atoms with Crippen LogP contribution < -0.4 is 5.32 Å². The standard InChI is InChI=1S/C17H16BrN3O2S/c18-12-6-14(9-19-8-12)24-10-13(21-17(22)23)5-11-7-20-16-4-2-1-3-15(11)16/h1-4,6-9,13,20-21H,5,10H2,(H,22,23). The lowest BCUT2D eigenvalue weighted by Gasteiger charge is -2.16. The first-order chi connectivity index (χ1) is 11.6. The van der Waals surface area contributed by atoms with Gasteiger partial charge in [0.2, 0.25) is 0 Å². The molecule has 0 radical (unpaired) electrons. The van der Waals surface area contributed by atoms with Gasteiger partial charge in [0.1, 0.15) is 0 Å². The summed E-state index contributed by atoms with van der Waals surface area (Å²) in [5.41, 5.74) is 2.17. The molecular weight excluding hydrogens is 390 g/mol. The van der Waals surface area contributed by atoms with Crippen molar-refractivity contribution in [3.63, 3.8) is 0 Å². The van der Waals surface area contributed by atoms with Crippen molar-refractivity contribution in [2.75, 3.05) is 5.75 Å². The third kappa shape index (κ3) is 4.30. The van der Waals surface area contributed by atoms with E-state index in [0.29, 0.717) is 12.2 Å². The Morgan fingerprint density at radius 2 is 2.21 bits per heavy atom. The molecule has 1 amide bonds. The van der Waals surface area contributed by atoms with Crippen LogP contribution in [0.15, 0.2) is 58.3 Å². The average Bonchev–Trinajstić information content (AvgIpc) is 2.95. The van der Waals surface area contributed by atoms with Crippen LogP contribution in [0.5, 0.6) is 0 Å². The lowest BCUT2D eigenvalue weighted by Crippen LogP contribution is -2.37. The number of nitrogens with zero attached hydrogens (tertiary/aromatic N) is 1. The maximum Gasteiger partial charge on any atom is 0.404 e. The van der Waals surface area contributed by atoms with Crippen molar-refractivity contribution in [2.45, 2.75) is 17.4 Å². The number of H-pyrrole nitrogens is 1. The molecule has 2 heterocycles. The molecule has 0 saturated heterocycles. The number of carboxylic acid groups (broad SMARTS) is 1. The minimum atomic E-state index is -1.01. The number of fused-ring (bicyclic) bond motifs is 1. The lowest BCUT2D eigenvalue weighted by molar-refractivity contribution is 0.191. The van der Waals surface area contributed by atoms with Crippen LogP contribution in [0, 0.1) is 0 Å². The van der Waals surface area contributed by atoms with E-state index in [2.05, 4.69) is 31.2 Å². The third-order valence-electron chi connectivity index (χ3n) is 3.60. The van der Waals surface area contributed by atoms with E-state index in [0.717, 1.165) is 25.8 Å². The van der Waals surface area contributed by atoms with Crippen molar-refractivity contribution in [3.8, 4) is 0 Å². The molecule has 1 aromatic carbocycles. The number of aromatic nitrogens is 2. The summed E-state index contributed by atoms with van der Waals surface area (Å²) in [5, 5.41) is 12.9. The number of pyridine rings is 1. The molecule has 3 aromatic rings. The Morgan fingerprint density at radius 1 is 1.38 bits per heavy atom. The Morgan fingerprint density at radius 3 is 3.00 bits per heavy atom. The van der Waals surface area contributed by atoms with Gasteiger partial charge >= 0.3 is 6.09 Å². The number of para-hydroxylation sites is 1. The number of amides is 1. The Labute approximate surface area is 152 Å². The molecule has 7 heteroatoms. The van der Waals surface area contributed by atoms with Crippen LogP contribution in [-0.4, -0.2) is 33.0 Å². The molecule has 0 fully saturated rings. The van der Waals surface area contributed by atoms with Crippen LogP contribution >= 0.6 is 27.7 Å². The van der Waals surface area contributed by atoms with Gasteiger partial charge in [0.05, 0.1) is 0 Å². The normalized spacial score (nSPS) is 12.2. The van der Waals surface area contributed by atoms with Gasteiger partial charge < -0.3 is 15.4 Å². The zero-order valence-corrected chi connectivity index (χ0v) is 15.1. The number of benzene rings is 1. The third-order valence-corrected chi connectivity index (χ3v) is 5.16. The van der Waals surface area contributed by atoms with Crippen LogP contribution in [0.2, 0.25) is 0 Å². The maximum atomic E-state index is 11.1. The predicted octanol–water partition coefficient (Wildman–Crippen LogP) is 4.30. The van der Waals surface area contributed by atoms with Crippen LogP contribution in [0.3, 0.4) is 0 Å². The predicted molar refractivity (Wildman–Crippen MR) is 99.6 cm³/mol. The molecule has 0 aliphatic heterocycles. The van der Waals surface area contributed by atoms with Crippen molar-refractivity contribution in [1.29, 1.82) is 0 Å². The number of halogens is 1. The smallest absolute Gasteiger partial charge is 0.404 e. The van der Waals surface area contributed by atoms with Crippen molar-refractivity contribution in [3.05, 3.63) is 59.0 Å². The fourth-order valence-corrected chi connectivity index (χ4v) is 4.02. The second-order valence-corrected chi connectivity index (χ2v) is 7.37. The number of thioether (sulfide) groups is 1. The van der Waals surface area contributed by atoms with E-state index in [9.17, 15) is 4.79 Å². The SMILES string of the molecule is O=C(O)NC(CSc1cncc(Br)c1)Cc1c[nH]c2ccccc12. The van der Waals surface area contributed by atoms with Crippen LogP contribution in [0.1, 0.15) is 5.56 Å². The van der Waals surface area contributed by atoms with Gasteiger partial charge in [-0.1, -0.05) is 18.2 Å². The summed E-state index contributed by atoms with van der Waals surface area (Å²) >= 11 is 4.98.